The molecule has 20 heavy (non-hydrogen) atoms. The minimum Gasteiger partial charge on any atom is -0.309 e. The van der Waals surface area contributed by atoms with Crippen molar-refractivity contribution in [3.8, 4) is 0 Å². The summed E-state index contributed by atoms with van der Waals surface area (Å²) in [7, 11) is -3.39. The maximum Gasteiger partial charge on any atom is 0.241 e. The van der Waals surface area contributed by atoms with E-state index in [0.717, 1.165) is 11.4 Å². The van der Waals surface area contributed by atoms with Crippen molar-refractivity contribution in [2.75, 3.05) is 12.8 Å². The molecular formula is C13H22N2O2S3. The molecule has 4 nitrogen and oxygen atoms in total. The topological polar surface area (TPSA) is 58.2 Å². The third-order valence-electron chi connectivity index (χ3n) is 3.32. The molecule has 0 unspecified atom stereocenters. The Morgan fingerprint density at radius 1 is 1.45 bits per heavy atom. The summed E-state index contributed by atoms with van der Waals surface area (Å²) in [5, 5.41) is 5.12. The van der Waals surface area contributed by atoms with Crippen LogP contribution in [0.15, 0.2) is 16.3 Å². The van der Waals surface area contributed by atoms with Gasteiger partial charge in [0.2, 0.25) is 10.0 Å². The molecule has 114 valence electrons. The van der Waals surface area contributed by atoms with Crippen LogP contribution in [0.25, 0.3) is 0 Å². The highest BCUT2D eigenvalue weighted by atomic mass is 32.2. The normalized spacial score (nSPS) is 16.6. The predicted molar refractivity (Wildman–Crippen MR) is 87.0 cm³/mol. The zero-order valence-corrected chi connectivity index (χ0v) is 14.6. The smallest absolute Gasteiger partial charge is 0.241 e. The summed E-state index contributed by atoms with van der Waals surface area (Å²) < 4.78 is 27.0. The first-order chi connectivity index (χ1) is 9.32. The molecule has 0 bridgehead atoms. The van der Waals surface area contributed by atoms with Gasteiger partial charge in [-0.05, 0) is 39.0 Å². The van der Waals surface area contributed by atoms with Crippen LogP contribution in [0.5, 0.6) is 0 Å². The summed E-state index contributed by atoms with van der Waals surface area (Å²) in [6, 6.07) is 2.41. The molecule has 1 aliphatic carbocycles. The molecule has 1 aromatic heterocycles. The van der Waals surface area contributed by atoms with Crippen LogP contribution in [0.3, 0.4) is 0 Å². The molecular weight excluding hydrogens is 312 g/mol. The average Bonchev–Trinajstić information content (AvgIpc) is 3.10. The first kappa shape index (κ1) is 16.3. The van der Waals surface area contributed by atoms with Gasteiger partial charge in [-0.1, -0.05) is 0 Å². The third-order valence-corrected chi connectivity index (χ3v) is 7.04. The van der Waals surface area contributed by atoms with Crippen molar-refractivity contribution < 1.29 is 8.42 Å². The van der Waals surface area contributed by atoms with E-state index in [1.54, 1.807) is 23.2 Å². The Morgan fingerprint density at radius 3 is 2.75 bits per heavy atom. The Kier molecular flexibility index (Phi) is 5.18. The van der Waals surface area contributed by atoms with Gasteiger partial charge < -0.3 is 5.32 Å². The number of sulfonamides is 1. The Bertz CT molecular complexity index is 548. The number of thiophene rings is 1. The van der Waals surface area contributed by atoms with Gasteiger partial charge in [0.05, 0.1) is 4.90 Å². The zero-order chi connectivity index (χ0) is 14.8. The Labute approximate surface area is 129 Å². The van der Waals surface area contributed by atoms with Gasteiger partial charge >= 0.3 is 0 Å². The third kappa shape index (κ3) is 4.73. The van der Waals surface area contributed by atoms with Gasteiger partial charge in [0.1, 0.15) is 0 Å². The fourth-order valence-corrected chi connectivity index (χ4v) is 4.30. The minimum absolute atomic E-state index is 0.0978. The lowest BCUT2D eigenvalue weighted by molar-refractivity contribution is 0.571. The molecule has 7 heteroatoms. The van der Waals surface area contributed by atoms with E-state index in [2.05, 4.69) is 10.0 Å². The van der Waals surface area contributed by atoms with Crippen molar-refractivity contribution in [3.63, 3.8) is 0 Å². The minimum atomic E-state index is -3.39. The zero-order valence-electron chi connectivity index (χ0n) is 12.1. The van der Waals surface area contributed by atoms with E-state index < -0.39 is 10.0 Å². The molecule has 2 rings (SSSR count). The maximum absolute atomic E-state index is 12.2. The van der Waals surface area contributed by atoms with Gasteiger partial charge in [-0.2, -0.15) is 11.8 Å². The molecule has 1 heterocycles. The van der Waals surface area contributed by atoms with E-state index in [4.69, 9.17) is 0 Å². The van der Waals surface area contributed by atoms with Crippen LogP contribution in [0, 0.1) is 0 Å². The van der Waals surface area contributed by atoms with Gasteiger partial charge in [0.25, 0.3) is 0 Å². The van der Waals surface area contributed by atoms with E-state index in [-0.39, 0.29) is 4.75 Å². The lowest BCUT2D eigenvalue weighted by Crippen LogP contribution is -2.35. The molecule has 1 aliphatic rings. The highest BCUT2D eigenvalue weighted by Gasteiger charge is 2.23. The SMILES string of the molecule is CSC(C)(C)CNS(=O)(=O)c1csc(CNC2CC2)c1. The first-order valence-electron chi connectivity index (χ1n) is 6.68. The second kappa shape index (κ2) is 6.36. The molecule has 0 atom stereocenters. The van der Waals surface area contributed by atoms with Crippen LogP contribution in [0.4, 0.5) is 0 Å². The predicted octanol–water partition coefficient (Wildman–Crippen LogP) is 2.42. The number of nitrogens with one attached hydrogen (secondary N) is 2. The van der Waals surface area contributed by atoms with E-state index in [1.807, 2.05) is 20.1 Å². The summed E-state index contributed by atoms with van der Waals surface area (Å²) in [6.07, 6.45) is 4.46. The molecule has 1 fully saturated rings. The maximum atomic E-state index is 12.2. The lowest BCUT2D eigenvalue weighted by atomic mass is 10.2. The van der Waals surface area contributed by atoms with Crippen molar-refractivity contribution in [2.45, 2.75) is 48.9 Å². The van der Waals surface area contributed by atoms with Crippen LogP contribution in [-0.4, -0.2) is 32.0 Å². The molecule has 0 spiro atoms. The van der Waals surface area contributed by atoms with Gasteiger partial charge in [0.15, 0.2) is 0 Å². The molecule has 0 aliphatic heterocycles. The Morgan fingerprint density at radius 2 is 2.15 bits per heavy atom. The number of thioether (sulfide) groups is 1. The highest BCUT2D eigenvalue weighted by molar-refractivity contribution is 8.00. The number of hydrogen-bond acceptors (Lipinski definition) is 5. The molecule has 0 radical (unpaired) electrons. The number of rotatable bonds is 8. The lowest BCUT2D eigenvalue weighted by Gasteiger charge is -2.21. The van der Waals surface area contributed by atoms with Crippen LogP contribution in [-0.2, 0) is 16.6 Å². The van der Waals surface area contributed by atoms with Gasteiger partial charge in [-0.3, -0.25) is 0 Å². The van der Waals surface area contributed by atoms with Crippen molar-refractivity contribution in [2.24, 2.45) is 0 Å². The van der Waals surface area contributed by atoms with E-state index in [0.29, 0.717) is 17.5 Å². The Balaban J connectivity index is 1.94. The number of hydrogen-bond donors (Lipinski definition) is 2. The fraction of sp³-hybridized carbons (Fsp3) is 0.692. The monoisotopic (exact) mass is 334 g/mol. The average molecular weight is 335 g/mol. The molecule has 1 saturated carbocycles. The van der Waals surface area contributed by atoms with E-state index >= 15 is 0 Å². The van der Waals surface area contributed by atoms with Gasteiger partial charge in [-0.25, -0.2) is 13.1 Å². The van der Waals surface area contributed by atoms with E-state index in [1.165, 1.54) is 24.2 Å². The van der Waals surface area contributed by atoms with Gasteiger partial charge in [-0.15, -0.1) is 11.3 Å². The van der Waals surface area contributed by atoms with Crippen molar-refractivity contribution in [1.29, 1.82) is 0 Å². The van der Waals surface area contributed by atoms with Gasteiger partial charge in [0, 0.05) is 34.1 Å². The molecule has 0 amide bonds. The van der Waals surface area contributed by atoms with Crippen LogP contribution >= 0.6 is 23.1 Å². The summed E-state index contributed by atoms with van der Waals surface area (Å²) in [4.78, 5) is 1.45. The highest BCUT2D eigenvalue weighted by Crippen LogP contribution is 2.24. The molecule has 0 aromatic carbocycles. The summed E-state index contributed by atoms with van der Waals surface area (Å²) in [5.74, 6) is 0. The van der Waals surface area contributed by atoms with Crippen LogP contribution < -0.4 is 10.0 Å². The Hall–Kier alpha value is -0.0800. The fourth-order valence-electron chi connectivity index (χ4n) is 1.55. The quantitative estimate of drug-likeness (QED) is 0.766. The van der Waals surface area contributed by atoms with E-state index in [9.17, 15) is 8.42 Å². The van der Waals surface area contributed by atoms with Crippen LogP contribution in [0.2, 0.25) is 0 Å². The van der Waals surface area contributed by atoms with Crippen molar-refractivity contribution >= 4 is 33.1 Å². The van der Waals surface area contributed by atoms with Crippen molar-refractivity contribution in [1.82, 2.24) is 10.0 Å². The second-order valence-corrected chi connectivity index (χ2v) is 9.97. The summed E-state index contributed by atoms with van der Waals surface area (Å²) in [5.41, 5.74) is 0. The van der Waals surface area contributed by atoms with Crippen molar-refractivity contribution in [3.05, 3.63) is 16.3 Å². The first-order valence-corrected chi connectivity index (χ1v) is 10.3. The molecule has 0 saturated heterocycles. The van der Waals surface area contributed by atoms with Crippen LogP contribution in [0.1, 0.15) is 31.6 Å². The molecule has 1 aromatic rings. The summed E-state index contributed by atoms with van der Waals surface area (Å²) >= 11 is 3.15. The standard InChI is InChI=1S/C13H22N2O2S3/c1-13(2,18-3)9-15-20(16,17)12-6-11(19-8-12)7-14-10-4-5-10/h6,8,10,14-15H,4-5,7,9H2,1-3H3. The largest absolute Gasteiger partial charge is 0.309 e. The molecule has 2 N–H and O–H groups in total. The second-order valence-electron chi connectivity index (χ2n) is 5.69. The summed E-state index contributed by atoms with van der Waals surface area (Å²) in [6.45, 7) is 5.25.